The third-order valence-electron chi connectivity index (χ3n) is 5.56. The Hall–Kier alpha value is -4.20. The summed E-state index contributed by atoms with van der Waals surface area (Å²) in [6, 6.07) is 11.2. The molecule has 0 fully saturated rings. The summed E-state index contributed by atoms with van der Waals surface area (Å²) in [7, 11) is 1.17. The molecule has 32 heavy (non-hydrogen) atoms. The number of benzene rings is 2. The van der Waals surface area contributed by atoms with Crippen LogP contribution in [0.25, 0.3) is 11.1 Å². The first-order chi connectivity index (χ1) is 15.3. The van der Waals surface area contributed by atoms with Gasteiger partial charge in [-0.05, 0) is 46.9 Å². The van der Waals surface area contributed by atoms with E-state index in [0.29, 0.717) is 18.4 Å². The highest BCUT2D eigenvalue weighted by Gasteiger charge is 2.33. The van der Waals surface area contributed by atoms with E-state index < -0.39 is 11.9 Å². The molecule has 162 valence electrons. The van der Waals surface area contributed by atoms with Gasteiger partial charge in [-0.15, -0.1) is 0 Å². The van der Waals surface area contributed by atoms with E-state index in [4.69, 9.17) is 0 Å². The Balaban J connectivity index is 1.60. The largest absolute Gasteiger partial charge is 0.464 e. The van der Waals surface area contributed by atoms with Crippen LogP contribution in [0.1, 0.15) is 27.9 Å². The molecule has 3 amide bonds. The third-order valence-corrected chi connectivity index (χ3v) is 5.56. The molecule has 0 saturated heterocycles. The smallest absolute Gasteiger partial charge is 0.353 e. The standard InChI is InChI=1S/C24H21N3O5/c1-13(24(31)32-3)25-22(29)14(2)27-12-19-17(5-4-6-18(19)23(27)30)15-7-9-20-16(11-15)8-10-21(28)26-20/h4-7,9,11H,1-2,8,10,12H2,3H3,(H,25,29)(H,26,28). The van der Waals surface area contributed by atoms with Gasteiger partial charge >= 0.3 is 5.97 Å². The molecule has 2 N–H and O–H groups in total. The topological polar surface area (TPSA) is 105 Å². The summed E-state index contributed by atoms with van der Waals surface area (Å²) in [5, 5.41) is 5.17. The van der Waals surface area contributed by atoms with E-state index in [1.165, 1.54) is 12.0 Å². The molecule has 8 nitrogen and oxygen atoms in total. The Bertz CT molecular complexity index is 1210. The van der Waals surface area contributed by atoms with Crippen LogP contribution in [0.4, 0.5) is 5.69 Å². The molecule has 2 heterocycles. The quantitative estimate of drug-likeness (QED) is 0.559. The van der Waals surface area contributed by atoms with Gasteiger partial charge in [0.05, 0.1) is 13.7 Å². The first-order valence-corrected chi connectivity index (χ1v) is 9.94. The van der Waals surface area contributed by atoms with Crippen LogP contribution in [0.2, 0.25) is 0 Å². The summed E-state index contributed by atoms with van der Waals surface area (Å²) in [5.41, 5.74) is 4.52. The van der Waals surface area contributed by atoms with E-state index in [-0.39, 0.29) is 29.8 Å². The fraction of sp³-hybridized carbons (Fsp3) is 0.167. The van der Waals surface area contributed by atoms with E-state index in [9.17, 15) is 19.2 Å². The molecule has 0 unspecified atom stereocenters. The van der Waals surface area contributed by atoms with Crippen molar-refractivity contribution in [2.45, 2.75) is 19.4 Å². The van der Waals surface area contributed by atoms with Gasteiger partial charge < -0.3 is 15.4 Å². The monoisotopic (exact) mass is 431 g/mol. The Morgan fingerprint density at radius 3 is 2.59 bits per heavy atom. The number of amides is 3. The van der Waals surface area contributed by atoms with E-state index >= 15 is 0 Å². The van der Waals surface area contributed by atoms with E-state index in [1.807, 2.05) is 24.3 Å². The molecule has 2 aliphatic heterocycles. The molecular formula is C24H21N3O5. The van der Waals surface area contributed by atoms with Gasteiger partial charge in [0.1, 0.15) is 11.4 Å². The predicted octanol–water partition coefficient (Wildman–Crippen LogP) is 2.51. The second-order valence-corrected chi connectivity index (χ2v) is 7.51. The lowest BCUT2D eigenvalue weighted by Gasteiger charge is -2.19. The van der Waals surface area contributed by atoms with Crippen LogP contribution in [0.3, 0.4) is 0 Å². The normalized spacial score (nSPS) is 14.2. The van der Waals surface area contributed by atoms with Gasteiger partial charge in [-0.25, -0.2) is 4.79 Å². The van der Waals surface area contributed by atoms with Gasteiger partial charge in [0.15, 0.2) is 0 Å². The highest BCUT2D eigenvalue weighted by Crippen LogP contribution is 2.36. The van der Waals surface area contributed by atoms with Crippen molar-refractivity contribution in [3.8, 4) is 11.1 Å². The first kappa shape index (κ1) is 21.0. The maximum absolute atomic E-state index is 13.0. The number of anilines is 1. The molecule has 0 atom stereocenters. The zero-order valence-corrected chi connectivity index (χ0v) is 17.5. The van der Waals surface area contributed by atoms with Crippen LogP contribution in [-0.4, -0.2) is 35.7 Å². The number of carbonyl (C=O) groups is 4. The van der Waals surface area contributed by atoms with Crippen LogP contribution in [-0.2, 0) is 32.1 Å². The summed E-state index contributed by atoms with van der Waals surface area (Å²) in [4.78, 5) is 49.9. The predicted molar refractivity (Wildman–Crippen MR) is 117 cm³/mol. The highest BCUT2D eigenvalue weighted by atomic mass is 16.5. The summed E-state index contributed by atoms with van der Waals surface area (Å²) in [5.74, 6) is -1.85. The SMILES string of the molecule is C=C(NC(=O)C(=C)N1Cc2c(cccc2-c2ccc3c(c2)CCC(=O)N3)C1=O)C(=O)OC. The van der Waals surface area contributed by atoms with Crippen LogP contribution in [0.5, 0.6) is 0 Å². The number of hydrogen-bond donors (Lipinski definition) is 2. The van der Waals surface area contributed by atoms with Crippen molar-refractivity contribution in [3.05, 3.63) is 77.6 Å². The van der Waals surface area contributed by atoms with Crippen molar-refractivity contribution in [1.82, 2.24) is 10.2 Å². The molecule has 0 bridgehead atoms. The van der Waals surface area contributed by atoms with Crippen molar-refractivity contribution in [1.29, 1.82) is 0 Å². The lowest BCUT2D eigenvalue weighted by atomic mass is 9.93. The number of esters is 1. The number of carbonyl (C=O) groups excluding carboxylic acids is 4. The van der Waals surface area contributed by atoms with Crippen molar-refractivity contribution < 1.29 is 23.9 Å². The number of ether oxygens (including phenoxy) is 1. The number of aryl methyl sites for hydroxylation is 1. The van der Waals surface area contributed by atoms with Gasteiger partial charge in [0.2, 0.25) is 5.91 Å². The minimum absolute atomic E-state index is 0.00115. The van der Waals surface area contributed by atoms with Crippen molar-refractivity contribution in [2.24, 2.45) is 0 Å². The average molecular weight is 431 g/mol. The number of nitrogens with zero attached hydrogens (tertiary/aromatic N) is 1. The number of nitrogens with one attached hydrogen (secondary N) is 2. The molecule has 2 aliphatic rings. The second-order valence-electron chi connectivity index (χ2n) is 7.51. The van der Waals surface area contributed by atoms with Gasteiger partial charge in [-0.3, -0.25) is 19.3 Å². The Morgan fingerprint density at radius 2 is 1.84 bits per heavy atom. The fourth-order valence-electron chi connectivity index (χ4n) is 3.88. The zero-order valence-electron chi connectivity index (χ0n) is 17.5. The summed E-state index contributed by atoms with van der Waals surface area (Å²) in [6.45, 7) is 7.35. The maximum atomic E-state index is 13.0. The molecule has 4 rings (SSSR count). The van der Waals surface area contributed by atoms with Crippen LogP contribution >= 0.6 is 0 Å². The summed E-state index contributed by atoms with van der Waals surface area (Å²) >= 11 is 0. The highest BCUT2D eigenvalue weighted by molar-refractivity contribution is 6.08. The molecular weight excluding hydrogens is 410 g/mol. The molecule has 0 aromatic heterocycles. The molecule has 2 aromatic carbocycles. The Morgan fingerprint density at radius 1 is 1.09 bits per heavy atom. The summed E-state index contributed by atoms with van der Waals surface area (Å²) < 4.78 is 4.51. The first-order valence-electron chi connectivity index (χ1n) is 9.94. The zero-order chi connectivity index (χ0) is 23.0. The minimum Gasteiger partial charge on any atom is -0.464 e. The molecule has 2 aromatic rings. The summed E-state index contributed by atoms with van der Waals surface area (Å²) in [6.07, 6.45) is 1.08. The van der Waals surface area contributed by atoms with Gasteiger partial charge in [0.25, 0.3) is 11.8 Å². The van der Waals surface area contributed by atoms with Crippen molar-refractivity contribution in [2.75, 3.05) is 12.4 Å². The van der Waals surface area contributed by atoms with E-state index in [1.54, 1.807) is 12.1 Å². The fourth-order valence-corrected chi connectivity index (χ4v) is 3.88. The molecule has 0 spiro atoms. The number of rotatable bonds is 5. The number of fused-ring (bicyclic) bond motifs is 2. The van der Waals surface area contributed by atoms with Gasteiger partial charge in [-0.2, -0.15) is 0 Å². The molecule has 8 heteroatoms. The molecule has 0 saturated carbocycles. The number of methoxy groups -OCH3 is 1. The van der Waals surface area contributed by atoms with Gasteiger partial charge in [0, 0.05) is 17.7 Å². The van der Waals surface area contributed by atoms with E-state index in [2.05, 4.69) is 28.5 Å². The number of hydrogen-bond acceptors (Lipinski definition) is 5. The van der Waals surface area contributed by atoms with Crippen LogP contribution < -0.4 is 10.6 Å². The lowest BCUT2D eigenvalue weighted by Crippen LogP contribution is -2.36. The Kier molecular flexibility index (Phi) is 5.36. The van der Waals surface area contributed by atoms with Gasteiger partial charge in [-0.1, -0.05) is 31.4 Å². The molecule has 0 radical (unpaired) electrons. The lowest BCUT2D eigenvalue weighted by molar-refractivity contribution is -0.137. The maximum Gasteiger partial charge on any atom is 0.353 e. The van der Waals surface area contributed by atoms with Crippen LogP contribution in [0, 0.1) is 0 Å². The average Bonchev–Trinajstić information content (AvgIpc) is 3.14. The molecule has 0 aliphatic carbocycles. The van der Waals surface area contributed by atoms with Crippen molar-refractivity contribution in [3.63, 3.8) is 0 Å². The van der Waals surface area contributed by atoms with E-state index in [0.717, 1.165) is 27.9 Å². The van der Waals surface area contributed by atoms with Crippen LogP contribution in [0.15, 0.2) is 61.0 Å². The second kappa shape index (κ2) is 8.14. The third kappa shape index (κ3) is 3.66. The minimum atomic E-state index is -0.784. The Labute approximate surface area is 184 Å². The van der Waals surface area contributed by atoms with Crippen molar-refractivity contribution >= 4 is 29.4 Å².